The second-order valence-corrected chi connectivity index (χ2v) is 3.74. The van der Waals surface area contributed by atoms with Crippen LogP contribution in [0.15, 0.2) is 0 Å². The van der Waals surface area contributed by atoms with Gasteiger partial charge >= 0.3 is 0 Å². The lowest BCUT2D eigenvalue weighted by Gasteiger charge is -2.33. The summed E-state index contributed by atoms with van der Waals surface area (Å²) >= 11 is 0. The van der Waals surface area contributed by atoms with Crippen LogP contribution in [0.2, 0.25) is 0 Å². The van der Waals surface area contributed by atoms with E-state index in [9.17, 15) is 0 Å². The van der Waals surface area contributed by atoms with Crippen LogP contribution < -0.4 is 5.73 Å². The zero-order valence-corrected chi connectivity index (χ0v) is 8.25. The third kappa shape index (κ3) is 2.46. The summed E-state index contributed by atoms with van der Waals surface area (Å²) in [6.07, 6.45) is 5.21. The third-order valence-electron chi connectivity index (χ3n) is 2.91. The van der Waals surface area contributed by atoms with Gasteiger partial charge in [0.15, 0.2) is 0 Å². The summed E-state index contributed by atoms with van der Waals surface area (Å²) < 4.78 is 5.60. The highest BCUT2D eigenvalue weighted by Crippen LogP contribution is 2.27. The first-order chi connectivity index (χ1) is 5.77. The molecule has 0 aromatic carbocycles. The lowest BCUT2D eigenvalue weighted by Crippen LogP contribution is -2.41. The molecule has 2 N–H and O–H groups in total. The van der Waals surface area contributed by atoms with Crippen molar-refractivity contribution in [2.75, 3.05) is 6.61 Å². The van der Waals surface area contributed by atoms with Gasteiger partial charge in [-0.1, -0.05) is 13.3 Å². The monoisotopic (exact) mass is 171 g/mol. The smallest absolute Gasteiger partial charge is 0.0728 e. The van der Waals surface area contributed by atoms with Crippen molar-refractivity contribution in [1.29, 1.82) is 0 Å². The molecule has 0 aromatic heterocycles. The fourth-order valence-electron chi connectivity index (χ4n) is 2.01. The van der Waals surface area contributed by atoms with E-state index >= 15 is 0 Å². The van der Waals surface area contributed by atoms with Gasteiger partial charge in [-0.25, -0.2) is 0 Å². The van der Waals surface area contributed by atoms with Crippen LogP contribution in [0, 0.1) is 5.92 Å². The van der Waals surface area contributed by atoms with Gasteiger partial charge in [0.25, 0.3) is 0 Å². The summed E-state index contributed by atoms with van der Waals surface area (Å²) in [6.45, 7) is 5.10. The molecule has 0 spiro atoms. The van der Waals surface area contributed by atoms with Crippen molar-refractivity contribution in [2.45, 2.75) is 51.7 Å². The van der Waals surface area contributed by atoms with Gasteiger partial charge in [0.2, 0.25) is 0 Å². The maximum atomic E-state index is 5.96. The number of rotatable bonds is 3. The van der Waals surface area contributed by atoms with E-state index in [2.05, 4.69) is 6.92 Å². The van der Waals surface area contributed by atoms with Crippen LogP contribution in [0.5, 0.6) is 0 Å². The molecule has 1 saturated carbocycles. The average Bonchev–Trinajstić information content (AvgIpc) is 2.09. The molecule has 1 fully saturated rings. The van der Waals surface area contributed by atoms with Crippen molar-refractivity contribution in [2.24, 2.45) is 11.7 Å². The molecule has 3 atom stereocenters. The van der Waals surface area contributed by atoms with E-state index in [0.29, 0.717) is 6.10 Å². The SMILES string of the molecule is CCOC1CC(CC)CCC1N. The molecule has 2 heteroatoms. The first kappa shape index (κ1) is 10.0. The minimum absolute atomic E-state index is 0.285. The van der Waals surface area contributed by atoms with Crippen LogP contribution in [0.4, 0.5) is 0 Å². The van der Waals surface area contributed by atoms with Gasteiger partial charge in [-0.05, 0) is 32.1 Å². The topological polar surface area (TPSA) is 35.2 Å². The molecule has 0 radical (unpaired) electrons. The highest BCUT2D eigenvalue weighted by Gasteiger charge is 2.27. The molecule has 1 aliphatic carbocycles. The fraction of sp³-hybridized carbons (Fsp3) is 1.00. The molecular weight excluding hydrogens is 150 g/mol. The van der Waals surface area contributed by atoms with Crippen molar-refractivity contribution in [3.8, 4) is 0 Å². The van der Waals surface area contributed by atoms with E-state index in [1.165, 1.54) is 19.3 Å². The highest BCUT2D eigenvalue weighted by molar-refractivity contribution is 4.82. The largest absolute Gasteiger partial charge is 0.377 e. The van der Waals surface area contributed by atoms with Crippen LogP contribution in [0.25, 0.3) is 0 Å². The molecule has 72 valence electrons. The van der Waals surface area contributed by atoms with Gasteiger partial charge < -0.3 is 10.5 Å². The van der Waals surface area contributed by atoms with Crippen molar-refractivity contribution in [1.82, 2.24) is 0 Å². The molecule has 0 amide bonds. The molecule has 3 unspecified atom stereocenters. The zero-order valence-electron chi connectivity index (χ0n) is 8.25. The fourth-order valence-corrected chi connectivity index (χ4v) is 2.01. The van der Waals surface area contributed by atoms with Gasteiger partial charge in [0.1, 0.15) is 0 Å². The maximum Gasteiger partial charge on any atom is 0.0728 e. The Hall–Kier alpha value is -0.0800. The Labute approximate surface area is 75.5 Å². The number of hydrogen-bond donors (Lipinski definition) is 1. The Balaban J connectivity index is 2.36. The summed E-state index contributed by atoms with van der Waals surface area (Å²) in [4.78, 5) is 0. The van der Waals surface area contributed by atoms with Crippen LogP contribution in [-0.2, 0) is 4.74 Å². The molecular formula is C10H21NO. The van der Waals surface area contributed by atoms with E-state index in [1.54, 1.807) is 0 Å². The first-order valence-electron chi connectivity index (χ1n) is 5.15. The molecule has 12 heavy (non-hydrogen) atoms. The molecule has 0 heterocycles. The Morgan fingerprint density at radius 2 is 2.08 bits per heavy atom. The van der Waals surface area contributed by atoms with Gasteiger partial charge in [-0.2, -0.15) is 0 Å². The van der Waals surface area contributed by atoms with E-state index in [1.807, 2.05) is 6.92 Å². The standard InChI is InChI=1S/C10H21NO/c1-3-8-5-6-9(11)10(7-8)12-4-2/h8-10H,3-7,11H2,1-2H3. The highest BCUT2D eigenvalue weighted by atomic mass is 16.5. The average molecular weight is 171 g/mol. The second kappa shape index (κ2) is 4.83. The predicted octanol–water partition coefficient (Wildman–Crippen LogP) is 1.93. The summed E-state index contributed by atoms with van der Waals surface area (Å²) in [6, 6.07) is 0.285. The molecule has 0 aromatic rings. The minimum Gasteiger partial charge on any atom is -0.377 e. The predicted molar refractivity (Wildman–Crippen MR) is 51.0 cm³/mol. The molecule has 2 nitrogen and oxygen atoms in total. The summed E-state index contributed by atoms with van der Waals surface area (Å²) in [5, 5.41) is 0. The molecule has 0 saturated heterocycles. The van der Waals surface area contributed by atoms with Crippen molar-refractivity contribution < 1.29 is 4.74 Å². The van der Waals surface area contributed by atoms with Gasteiger partial charge in [-0.15, -0.1) is 0 Å². The Morgan fingerprint density at radius 3 is 2.67 bits per heavy atom. The third-order valence-corrected chi connectivity index (χ3v) is 2.91. The second-order valence-electron chi connectivity index (χ2n) is 3.74. The molecule has 0 bridgehead atoms. The van der Waals surface area contributed by atoms with E-state index in [4.69, 9.17) is 10.5 Å². The number of ether oxygens (including phenoxy) is 1. The van der Waals surface area contributed by atoms with Crippen LogP contribution in [-0.4, -0.2) is 18.8 Å². The summed E-state index contributed by atoms with van der Waals surface area (Å²) in [7, 11) is 0. The lowest BCUT2D eigenvalue weighted by atomic mass is 9.83. The summed E-state index contributed by atoms with van der Waals surface area (Å²) in [5.74, 6) is 0.848. The Bertz CT molecular complexity index is 127. The first-order valence-corrected chi connectivity index (χ1v) is 5.15. The van der Waals surface area contributed by atoms with E-state index in [0.717, 1.165) is 18.9 Å². The normalized spacial score (nSPS) is 36.8. The van der Waals surface area contributed by atoms with Gasteiger partial charge in [-0.3, -0.25) is 0 Å². The number of nitrogens with two attached hydrogens (primary N) is 1. The Kier molecular flexibility index (Phi) is 4.02. The lowest BCUT2D eigenvalue weighted by molar-refractivity contribution is 0.00606. The summed E-state index contributed by atoms with van der Waals surface area (Å²) in [5.41, 5.74) is 5.96. The van der Waals surface area contributed by atoms with Crippen molar-refractivity contribution >= 4 is 0 Å². The number of hydrogen-bond acceptors (Lipinski definition) is 2. The van der Waals surface area contributed by atoms with Crippen LogP contribution in [0.3, 0.4) is 0 Å². The zero-order chi connectivity index (χ0) is 8.97. The van der Waals surface area contributed by atoms with Crippen LogP contribution >= 0.6 is 0 Å². The maximum absolute atomic E-state index is 5.96. The Morgan fingerprint density at radius 1 is 1.33 bits per heavy atom. The van der Waals surface area contributed by atoms with Gasteiger partial charge in [0, 0.05) is 12.6 Å². The molecule has 1 rings (SSSR count). The quantitative estimate of drug-likeness (QED) is 0.704. The van der Waals surface area contributed by atoms with Crippen molar-refractivity contribution in [3.63, 3.8) is 0 Å². The van der Waals surface area contributed by atoms with E-state index in [-0.39, 0.29) is 6.04 Å². The molecule has 0 aliphatic heterocycles. The van der Waals surface area contributed by atoms with Crippen LogP contribution in [0.1, 0.15) is 39.5 Å². The molecule has 1 aliphatic rings. The van der Waals surface area contributed by atoms with Crippen molar-refractivity contribution in [3.05, 3.63) is 0 Å². The minimum atomic E-state index is 0.285. The van der Waals surface area contributed by atoms with E-state index < -0.39 is 0 Å². The van der Waals surface area contributed by atoms with Gasteiger partial charge in [0.05, 0.1) is 6.10 Å².